The smallest absolute Gasteiger partial charge is 0.123 e. The van der Waals surface area contributed by atoms with E-state index in [4.69, 9.17) is 11.1 Å². The van der Waals surface area contributed by atoms with Crippen LogP contribution in [0, 0.1) is 17.1 Å². The van der Waals surface area contributed by atoms with Crippen LogP contribution in [0.1, 0.15) is 19.0 Å². The maximum Gasteiger partial charge on any atom is 0.123 e. The Labute approximate surface area is 175 Å². The summed E-state index contributed by atoms with van der Waals surface area (Å²) in [6, 6.07) is 12.6. The highest BCUT2D eigenvalue weighted by Crippen LogP contribution is 2.21. The first-order chi connectivity index (χ1) is 14.0. The van der Waals surface area contributed by atoms with Gasteiger partial charge in [-0.25, -0.2) is 9.37 Å². The quantitative estimate of drug-likeness (QED) is 0.386. The molecule has 1 aromatic carbocycles. The number of nitrogens with one attached hydrogen (secondary N) is 2. The van der Waals surface area contributed by atoms with Gasteiger partial charge >= 0.3 is 0 Å². The van der Waals surface area contributed by atoms with E-state index < -0.39 is 0 Å². The molecule has 152 valence electrons. The van der Waals surface area contributed by atoms with E-state index in [9.17, 15) is 4.39 Å². The van der Waals surface area contributed by atoms with Crippen molar-refractivity contribution >= 4 is 35.4 Å². The number of pyridine rings is 1. The van der Waals surface area contributed by atoms with Crippen molar-refractivity contribution in [3.8, 4) is 0 Å². The van der Waals surface area contributed by atoms with E-state index in [0.29, 0.717) is 17.5 Å². The molecule has 1 fully saturated rings. The summed E-state index contributed by atoms with van der Waals surface area (Å²) in [7, 11) is 0. The molecule has 3 heterocycles. The first kappa shape index (κ1) is 21.1. The molecule has 2 aromatic heterocycles. The monoisotopic (exact) mass is 411 g/mol. The Morgan fingerprint density at radius 1 is 1.31 bits per heavy atom. The van der Waals surface area contributed by atoms with E-state index >= 15 is 0 Å². The largest absolute Gasteiger partial charge is 0.404 e. The molecule has 0 aliphatic carbocycles. The first-order valence-electron chi connectivity index (χ1n) is 9.56. The number of benzene rings is 1. The molecule has 0 amide bonds. The van der Waals surface area contributed by atoms with Crippen molar-refractivity contribution in [1.82, 2.24) is 14.9 Å². The number of allylic oxidation sites excluding steroid dienone is 1. The van der Waals surface area contributed by atoms with Gasteiger partial charge < -0.3 is 21.0 Å². The van der Waals surface area contributed by atoms with E-state index in [1.165, 1.54) is 31.0 Å². The summed E-state index contributed by atoms with van der Waals surface area (Å²) in [6.45, 7) is 4.34. The molecule has 1 saturated heterocycles. The maximum absolute atomic E-state index is 12.1. The highest BCUT2D eigenvalue weighted by molar-refractivity contribution is 7.80. The summed E-state index contributed by atoms with van der Waals surface area (Å²) < 4.78 is 14.3. The van der Waals surface area contributed by atoms with Gasteiger partial charge in [0.25, 0.3) is 0 Å². The molecule has 1 aliphatic rings. The summed E-state index contributed by atoms with van der Waals surface area (Å²) in [6.07, 6.45) is 5.97. The predicted molar refractivity (Wildman–Crippen MR) is 120 cm³/mol. The van der Waals surface area contributed by atoms with Crippen LogP contribution in [0.5, 0.6) is 0 Å². The number of hydrogen-bond acceptors (Lipinski definition) is 5. The zero-order valence-corrected chi connectivity index (χ0v) is 17.2. The lowest BCUT2D eigenvalue weighted by Gasteiger charge is -2.11. The van der Waals surface area contributed by atoms with Crippen molar-refractivity contribution in [2.75, 3.05) is 6.54 Å². The minimum atomic E-state index is -0.220. The topological polar surface area (TPSA) is 79.7 Å². The molecular weight excluding hydrogens is 385 g/mol. The number of fused-ring (bicyclic) bond motifs is 1. The van der Waals surface area contributed by atoms with Crippen LogP contribution in [0.25, 0.3) is 16.6 Å². The Hall–Kier alpha value is -2.64. The molecule has 5 nitrogen and oxygen atoms in total. The third-order valence-corrected chi connectivity index (χ3v) is 5.28. The van der Waals surface area contributed by atoms with Crippen molar-refractivity contribution in [1.29, 1.82) is 5.41 Å². The van der Waals surface area contributed by atoms with Gasteiger partial charge in [-0.3, -0.25) is 0 Å². The SMILES string of the molecule is CC1CC(Cn2ccc3nc(/C(C=N)=C/N)ccc32)CN1.Fc1ccc(S)cc1. The van der Waals surface area contributed by atoms with Crippen LogP contribution in [-0.2, 0) is 6.54 Å². The summed E-state index contributed by atoms with van der Waals surface area (Å²) in [5, 5.41) is 10.8. The first-order valence-corrected chi connectivity index (χ1v) is 10.0. The van der Waals surface area contributed by atoms with Gasteiger partial charge in [0.05, 0.1) is 16.7 Å². The number of hydrogen-bond donors (Lipinski definition) is 4. The standard InChI is InChI=1S/C16H21N5.C6H5FS/c1-11-6-12(9-19-11)10-21-5-4-15-16(21)3-2-14(20-15)13(7-17)8-18;7-5-1-3-6(8)4-2-5/h2-5,7-8,11-12,17,19H,6,9-10,18H2,1H3;1-4,8H/b13-8+,17-7?;. The van der Waals surface area contributed by atoms with E-state index in [2.05, 4.69) is 46.7 Å². The minimum absolute atomic E-state index is 0.220. The number of nitrogens with two attached hydrogens (primary N) is 1. The van der Waals surface area contributed by atoms with Gasteiger partial charge in [0.1, 0.15) is 5.82 Å². The second-order valence-electron chi connectivity index (χ2n) is 7.22. The van der Waals surface area contributed by atoms with Crippen LogP contribution in [0.15, 0.2) is 59.8 Å². The minimum Gasteiger partial charge on any atom is -0.404 e. The molecule has 7 heteroatoms. The molecule has 2 unspecified atom stereocenters. The van der Waals surface area contributed by atoms with Gasteiger partial charge in [-0.15, -0.1) is 12.6 Å². The Morgan fingerprint density at radius 3 is 2.66 bits per heavy atom. The van der Waals surface area contributed by atoms with Gasteiger partial charge in [-0.2, -0.15) is 0 Å². The summed E-state index contributed by atoms with van der Waals surface area (Å²) in [5.74, 6) is 0.458. The van der Waals surface area contributed by atoms with Gasteiger partial charge in [0.2, 0.25) is 0 Å². The average molecular weight is 412 g/mol. The molecule has 2 atom stereocenters. The molecule has 0 radical (unpaired) electrons. The summed E-state index contributed by atoms with van der Waals surface area (Å²) in [5.41, 5.74) is 8.99. The lowest BCUT2D eigenvalue weighted by molar-refractivity contribution is 0.483. The van der Waals surface area contributed by atoms with Crippen LogP contribution >= 0.6 is 12.6 Å². The highest BCUT2D eigenvalue weighted by Gasteiger charge is 2.21. The average Bonchev–Trinajstić information content (AvgIpc) is 3.32. The van der Waals surface area contributed by atoms with Gasteiger partial charge in [-0.1, -0.05) is 0 Å². The Balaban J connectivity index is 0.000000252. The number of rotatable bonds is 4. The van der Waals surface area contributed by atoms with Crippen LogP contribution in [-0.4, -0.2) is 28.4 Å². The van der Waals surface area contributed by atoms with Crippen LogP contribution in [0.3, 0.4) is 0 Å². The fourth-order valence-corrected chi connectivity index (χ4v) is 3.64. The van der Waals surface area contributed by atoms with Gasteiger partial charge in [0, 0.05) is 41.7 Å². The summed E-state index contributed by atoms with van der Waals surface area (Å²) in [4.78, 5) is 5.38. The molecule has 4 N–H and O–H groups in total. The number of thiol groups is 1. The fraction of sp³-hybridized carbons (Fsp3) is 0.273. The third-order valence-electron chi connectivity index (χ3n) is 4.98. The molecule has 4 rings (SSSR count). The number of halogens is 1. The fourth-order valence-electron chi connectivity index (χ4n) is 3.49. The van der Waals surface area contributed by atoms with Crippen molar-refractivity contribution in [3.63, 3.8) is 0 Å². The third kappa shape index (κ3) is 5.46. The zero-order chi connectivity index (χ0) is 20.8. The highest BCUT2D eigenvalue weighted by atomic mass is 32.1. The molecular formula is C22H26FN5S. The summed E-state index contributed by atoms with van der Waals surface area (Å²) >= 11 is 3.97. The number of aromatic nitrogens is 2. The van der Waals surface area contributed by atoms with Crippen LogP contribution in [0.4, 0.5) is 4.39 Å². The Kier molecular flexibility index (Phi) is 7.06. The molecule has 29 heavy (non-hydrogen) atoms. The molecule has 1 aliphatic heterocycles. The maximum atomic E-state index is 12.1. The van der Waals surface area contributed by atoms with E-state index in [-0.39, 0.29) is 5.82 Å². The van der Waals surface area contributed by atoms with E-state index in [0.717, 1.165) is 34.7 Å². The molecule has 0 spiro atoms. The van der Waals surface area contributed by atoms with Crippen LogP contribution < -0.4 is 11.1 Å². The Bertz CT molecular complexity index is 975. The predicted octanol–water partition coefficient (Wildman–Crippen LogP) is 4.10. The molecule has 3 aromatic rings. The Morgan fingerprint density at radius 2 is 2.07 bits per heavy atom. The van der Waals surface area contributed by atoms with Crippen molar-refractivity contribution in [2.45, 2.75) is 30.8 Å². The van der Waals surface area contributed by atoms with Crippen molar-refractivity contribution in [2.24, 2.45) is 11.7 Å². The van der Waals surface area contributed by atoms with E-state index in [1.54, 1.807) is 12.1 Å². The second-order valence-corrected chi connectivity index (χ2v) is 7.74. The molecule has 0 saturated carbocycles. The van der Waals surface area contributed by atoms with Crippen LogP contribution in [0.2, 0.25) is 0 Å². The lowest BCUT2D eigenvalue weighted by atomic mass is 10.1. The normalized spacial score (nSPS) is 19.1. The molecule has 0 bridgehead atoms. The second kappa shape index (κ2) is 9.71. The zero-order valence-electron chi connectivity index (χ0n) is 16.3. The number of nitrogens with zero attached hydrogens (tertiary/aromatic N) is 2. The lowest BCUT2D eigenvalue weighted by Crippen LogP contribution is -2.17. The van der Waals surface area contributed by atoms with Crippen molar-refractivity contribution < 1.29 is 4.39 Å². The van der Waals surface area contributed by atoms with E-state index in [1.807, 2.05) is 12.1 Å². The van der Waals surface area contributed by atoms with Crippen molar-refractivity contribution in [3.05, 3.63) is 66.4 Å². The van der Waals surface area contributed by atoms with Gasteiger partial charge in [-0.05, 0) is 68.3 Å². The van der Waals surface area contributed by atoms with Gasteiger partial charge in [0.15, 0.2) is 0 Å².